The van der Waals surface area contributed by atoms with Crippen molar-refractivity contribution < 1.29 is 9.53 Å². The lowest BCUT2D eigenvalue weighted by atomic mass is 10.2. The van der Waals surface area contributed by atoms with Crippen molar-refractivity contribution in [3.05, 3.63) is 59.1 Å². The number of rotatable bonds is 7. The molecule has 0 aliphatic rings. The van der Waals surface area contributed by atoms with Gasteiger partial charge in [-0.3, -0.25) is 4.79 Å². The summed E-state index contributed by atoms with van der Waals surface area (Å²) >= 11 is 5.82. The molecule has 0 saturated carbocycles. The van der Waals surface area contributed by atoms with Crippen LogP contribution in [0.3, 0.4) is 0 Å². The minimum Gasteiger partial charge on any atom is -0.494 e. The summed E-state index contributed by atoms with van der Waals surface area (Å²) < 4.78 is 5.63. The number of ether oxygens (including phenoxy) is 1. The molecule has 22 heavy (non-hydrogen) atoms. The molecule has 0 atom stereocenters. The van der Waals surface area contributed by atoms with E-state index in [-0.39, 0.29) is 5.91 Å². The SMILES string of the molecule is CCCCCOc1ccc(C(=O)Nc2ccc(Cl)cc2)cc1. The van der Waals surface area contributed by atoms with Gasteiger partial charge in [-0.1, -0.05) is 31.4 Å². The van der Waals surface area contributed by atoms with Crippen LogP contribution < -0.4 is 10.1 Å². The largest absolute Gasteiger partial charge is 0.494 e. The van der Waals surface area contributed by atoms with Crippen molar-refractivity contribution in [2.75, 3.05) is 11.9 Å². The van der Waals surface area contributed by atoms with Crippen LogP contribution in [0.15, 0.2) is 48.5 Å². The zero-order valence-electron chi connectivity index (χ0n) is 12.6. The summed E-state index contributed by atoms with van der Waals surface area (Å²) in [5, 5.41) is 3.47. The Hall–Kier alpha value is -2.00. The van der Waals surface area contributed by atoms with Crippen molar-refractivity contribution in [2.45, 2.75) is 26.2 Å². The Balaban J connectivity index is 1.89. The third kappa shape index (κ3) is 5.08. The molecule has 0 bridgehead atoms. The number of unbranched alkanes of at least 4 members (excludes halogenated alkanes) is 2. The second-order valence-corrected chi connectivity index (χ2v) is 5.48. The van der Waals surface area contributed by atoms with E-state index in [9.17, 15) is 4.79 Å². The zero-order valence-corrected chi connectivity index (χ0v) is 13.4. The summed E-state index contributed by atoms with van der Waals surface area (Å²) in [5.74, 6) is 0.638. The van der Waals surface area contributed by atoms with E-state index in [2.05, 4.69) is 12.2 Å². The lowest BCUT2D eigenvalue weighted by Crippen LogP contribution is -2.11. The molecular formula is C18H20ClNO2. The fraction of sp³-hybridized carbons (Fsp3) is 0.278. The first-order chi connectivity index (χ1) is 10.7. The Morgan fingerprint density at radius 3 is 2.36 bits per heavy atom. The Kier molecular flexibility index (Phi) is 6.28. The summed E-state index contributed by atoms with van der Waals surface area (Å²) in [6.45, 7) is 2.87. The van der Waals surface area contributed by atoms with Crippen LogP contribution >= 0.6 is 11.6 Å². The molecule has 2 aromatic rings. The first-order valence-electron chi connectivity index (χ1n) is 7.49. The average Bonchev–Trinajstić information content (AvgIpc) is 2.54. The Morgan fingerprint density at radius 2 is 1.73 bits per heavy atom. The van der Waals surface area contributed by atoms with E-state index in [0.29, 0.717) is 22.9 Å². The summed E-state index contributed by atoms with van der Waals surface area (Å²) in [5.41, 5.74) is 1.31. The van der Waals surface area contributed by atoms with Crippen molar-refractivity contribution >= 4 is 23.2 Å². The maximum absolute atomic E-state index is 12.1. The van der Waals surface area contributed by atoms with Crippen molar-refractivity contribution in [2.24, 2.45) is 0 Å². The Morgan fingerprint density at radius 1 is 1.05 bits per heavy atom. The molecule has 2 aromatic carbocycles. The molecule has 0 aliphatic heterocycles. The monoisotopic (exact) mass is 317 g/mol. The van der Waals surface area contributed by atoms with Crippen LogP contribution in [0.4, 0.5) is 5.69 Å². The van der Waals surface area contributed by atoms with Crippen LogP contribution in [0, 0.1) is 0 Å². The molecule has 3 nitrogen and oxygen atoms in total. The second kappa shape index (κ2) is 8.44. The molecule has 0 aromatic heterocycles. The number of carbonyl (C=O) groups is 1. The van der Waals surface area contributed by atoms with Crippen molar-refractivity contribution in [1.82, 2.24) is 0 Å². The van der Waals surface area contributed by atoms with Crippen LogP contribution in [-0.2, 0) is 0 Å². The van der Waals surface area contributed by atoms with E-state index in [4.69, 9.17) is 16.3 Å². The summed E-state index contributed by atoms with van der Waals surface area (Å²) in [6, 6.07) is 14.2. The van der Waals surface area contributed by atoms with Gasteiger partial charge in [0.25, 0.3) is 5.91 Å². The molecule has 0 heterocycles. The third-order valence-electron chi connectivity index (χ3n) is 3.24. The molecule has 4 heteroatoms. The molecule has 1 N–H and O–H groups in total. The van der Waals surface area contributed by atoms with Crippen LogP contribution in [0.2, 0.25) is 5.02 Å². The Bertz CT molecular complexity index is 593. The minimum atomic E-state index is -0.153. The highest BCUT2D eigenvalue weighted by Gasteiger charge is 2.06. The van der Waals surface area contributed by atoms with E-state index >= 15 is 0 Å². The molecule has 0 saturated heterocycles. The van der Waals surface area contributed by atoms with Gasteiger partial charge in [-0.25, -0.2) is 0 Å². The highest BCUT2D eigenvalue weighted by molar-refractivity contribution is 6.30. The van der Waals surface area contributed by atoms with Gasteiger partial charge in [-0.2, -0.15) is 0 Å². The number of hydrogen-bond acceptors (Lipinski definition) is 2. The Labute approximate surface area is 136 Å². The molecular weight excluding hydrogens is 298 g/mol. The first kappa shape index (κ1) is 16.4. The third-order valence-corrected chi connectivity index (χ3v) is 3.49. The molecule has 0 radical (unpaired) electrons. The normalized spacial score (nSPS) is 10.3. The smallest absolute Gasteiger partial charge is 0.255 e. The molecule has 1 amide bonds. The maximum atomic E-state index is 12.1. The number of amides is 1. The van der Waals surface area contributed by atoms with Gasteiger partial charge in [0, 0.05) is 16.3 Å². The van der Waals surface area contributed by atoms with Gasteiger partial charge >= 0.3 is 0 Å². The maximum Gasteiger partial charge on any atom is 0.255 e. The van der Waals surface area contributed by atoms with Gasteiger partial charge in [0.1, 0.15) is 5.75 Å². The van der Waals surface area contributed by atoms with E-state index in [1.54, 1.807) is 36.4 Å². The van der Waals surface area contributed by atoms with E-state index in [0.717, 1.165) is 12.2 Å². The highest BCUT2D eigenvalue weighted by Crippen LogP contribution is 2.16. The van der Waals surface area contributed by atoms with Gasteiger partial charge in [0.2, 0.25) is 0 Å². The van der Waals surface area contributed by atoms with Crippen molar-refractivity contribution in [1.29, 1.82) is 0 Å². The lowest BCUT2D eigenvalue weighted by Gasteiger charge is -2.08. The number of hydrogen-bond donors (Lipinski definition) is 1. The van der Waals surface area contributed by atoms with Gasteiger partial charge in [0.15, 0.2) is 0 Å². The van der Waals surface area contributed by atoms with E-state index in [1.807, 2.05) is 12.1 Å². The minimum absolute atomic E-state index is 0.153. The predicted molar refractivity (Wildman–Crippen MR) is 90.9 cm³/mol. The van der Waals surface area contributed by atoms with E-state index in [1.165, 1.54) is 12.8 Å². The van der Waals surface area contributed by atoms with Gasteiger partial charge in [-0.15, -0.1) is 0 Å². The molecule has 0 aliphatic carbocycles. The molecule has 0 spiro atoms. The summed E-state index contributed by atoms with van der Waals surface area (Å²) in [4.78, 5) is 12.1. The predicted octanol–water partition coefficient (Wildman–Crippen LogP) is 5.16. The second-order valence-electron chi connectivity index (χ2n) is 5.04. The van der Waals surface area contributed by atoms with Gasteiger partial charge in [-0.05, 0) is 55.0 Å². The number of anilines is 1. The van der Waals surface area contributed by atoms with Crippen LogP contribution in [0.25, 0.3) is 0 Å². The fourth-order valence-corrected chi connectivity index (χ4v) is 2.11. The van der Waals surface area contributed by atoms with Gasteiger partial charge < -0.3 is 10.1 Å². The van der Waals surface area contributed by atoms with Crippen molar-refractivity contribution in [3.8, 4) is 5.75 Å². The topological polar surface area (TPSA) is 38.3 Å². The summed E-state index contributed by atoms with van der Waals surface area (Å²) in [6.07, 6.45) is 3.39. The lowest BCUT2D eigenvalue weighted by molar-refractivity contribution is 0.102. The molecule has 116 valence electrons. The number of nitrogens with one attached hydrogen (secondary N) is 1. The summed E-state index contributed by atoms with van der Waals surface area (Å²) in [7, 11) is 0. The number of benzene rings is 2. The van der Waals surface area contributed by atoms with Gasteiger partial charge in [0.05, 0.1) is 6.61 Å². The molecule has 0 fully saturated rings. The molecule has 2 rings (SSSR count). The number of carbonyl (C=O) groups excluding carboxylic acids is 1. The number of halogens is 1. The van der Waals surface area contributed by atoms with Crippen molar-refractivity contribution in [3.63, 3.8) is 0 Å². The van der Waals surface area contributed by atoms with Crippen LogP contribution in [0.5, 0.6) is 5.75 Å². The van der Waals surface area contributed by atoms with Crippen LogP contribution in [-0.4, -0.2) is 12.5 Å². The molecule has 0 unspecified atom stereocenters. The standard InChI is InChI=1S/C18H20ClNO2/c1-2-3-4-13-22-17-11-5-14(6-12-17)18(21)20-16-9-7-15(19)8-10-16/h5-12H,2-4,13H2,1H3,(H,20,21). The fourth-order valence-electron chi connectivity index (χ4n) is 1.98. The van der Waals surface area contributed by atoms with E-state index < -0.39 is 0 Å². The average molecular weight is 318 g/mol. The zero-order chi connectivity index (χ0) is 15.8. The highest BCUT2D eigenvalue weighted by atomic mass is 35.5. The van der Waals surface area contributed by atoms with Crippen LogP contribution in [0.1, 0.15) is 36.5 Å². The quantitative estimate of drug-likeness (QED) is 0.716. The first-order valence-corrected chi connectivity index (χ1v) is 7.86.